The maximum absolute atomic E-state index is 5.21. The van der Waals surface area contributed by atoms with E-state index in [4.69, 9.17) is 4.98 Å². The average Bonchev–Trinajstić information content (AvgIpc) is 3.35. The minimum atomic E-state index is -0.0796. The summed E-state index contributed by atoms with van der Waals surface area (Å²) < 4.78 is 0. The van der Waals surface area contributed by atoms with Crippen LogP contribution in [0.4, 0.5) is 0 Å². The van der Waals surface area contributed by atoms with Crippen LogP contribution in [0, 0.1) is 0 Å². The van der Waals surface area contributed by atoms with Crippen LogP contribution in [0.15, 0.2) is 158 Å². The first-order valence-corrected chi connectivity index (χ1v) is 15.5. The molecular weight excluding hydrogens is 544 g/mol. The SMILES string of the molecule is CC1(C)c2ccccc2-c2c1ccc(-c1cccc(-c3cc(-c4ccccc4)cc(-c4ccccc4)n3)c1)c2-c1ccncc1. The summed E-state index contributed by atoms with van der Waals surface area (Å²) in [4.78, 5) is 9.56. The standard InChI is InChI=1S/C43H32N2/c1-43(2)37-19-10-9-18-36(37)42-38(43)21-20-35(41(42)31-22-24-44-25-23-31)32-16-11-17-33(26-32)40-28-34(29-12-5-3-6-13-29)27-39(45-40)30-14-7-4-8-15-30/h3-28H,1-2H3. The van der Waals surface area contributed by atoms with Crippen molar-refractivity contribution < 1.29 is 0 Å². The number of benzene rings is 5. The highest BCUT2D eigenvalue weighted by Gasteiger charge is 2.37. The normalized spacial score (nSPS) is 12.8. The molecule has 0 amide bonds. The first-order chi connectivity index (χ1) is 22.1. The monoisotopic (exact) mass is 576 g/mol. The van der Waals surface area contributed by atoms with E-state index < -0.39 is 0 Å². The Labute approximate surface area is 264 Å². The van der Waals surface area contributed by atoms with Crippen LogP contribution in [0.5, 0.6) is 0 Å². The molecule has 5 aromatic carbocycles. The summed E-state index contributed by atoms with van der Waals surface area (Å²) in [7, 11) is 0. The molecule has 45 heavy (non-hydrogen) atoms. The first kappa shape index (κ1) is 27.0. The number of hydrogen-bond donors (Lipinski definition) is 0. The van der Waals surface area contributed by atoms with Crippen molar-refractivity contribution in [2.24, 2.45) is 0 Å². The fourth-order valence-electron chi connectivity index (χ4n) is 6.93. The van der Waals surface area contributed by atoms with Crippen LogP contribution in [0.25, 0.3) is 67.0 Å². The molecule has 0 atom stereocenters. The molecule has 8 rings (SSSR count). The molecule has 1 aliphatic carbocycles. The second kappa shape index (κ2) is 10.8. The van der Waals surface area contributed by atoms with Gasteiger partial charge in [-0.05, 0) is 86.0 Å². The van der Waals surface area contributed by atoms with E-state index in [1.54, 1.807) is 0 Å². The zero-order valence-electron chi connectivity index (χ0n) is 25.4. The lowest BCUT2D eigenvalue weighted by Gasteiger charge is -2.23. The van der Waals surface area contributed by atoms with Crippen LogP contribution in [0.3, 0.4) is 0 Å². The van der Waals surface area contributed by atoms with E-state index >= 15 is 0 Å². The Morgan fingerprint density at radius 1 is 0.400 bits per heavy atom. The van der Waals surface area contributed by atoms with Crippen molar-refractivity contribution in [3.63, 3.8) is 0 Å². The van der Waals surface area contributed by atoms with Gasteiger partial charge in [0.15, 0.2) is 0 Å². The van der Waals surface area contributed by atoms with Gasteiger partial charge in [-0.15, -0.1) is 0 Å². The van der Waals surface area contributed by atoms with Gasteiger partial charge in [0.25, 0.3) is 0 Å². The van der Waals surface area contributed by atoms with Crippen molar-refractivity contribution in [2.75, 3.05) is 0 Å². The highest BCUT2D eigenvalue weighted by atomic mass is 14.7. The lowest BCUT2D eigenvalue weighted by molar-refractivity contribution is 0.660. The summed E-state index contributed by atoms with van der Waals surface area (Å²) in [6.07, 6.45) is 3.79. The maximum Gasteiger partial charge on any atom is 0.0715 e. The number of aromatic nitrogens is 2. The molecule has 2 aromatic heterocycles. The molecular formula is C43H32N2. The molecule has 214 valence electrons. The zero-order valence-corrected chi connectivity index (χ0v) is 25.4. The van der Waals surface area contributed by atoms with Gasteiger partial charge in [0.05, 0.1) is 11.4 Å². The van der Waals surface area contributed by atoms with Crippen molar-refractivity contribution in [3.05, 3.63) is 169 Å². The van der Waals surface area contributed by atoms with Crippen molar-refractivity contribution in [2.45, 2.75) is 19.3 Å². The quantitative estimate of drug-likeness (QED) is 0.204. The number of fused-ring (bicyclic) bond motifs is 3. The molecule has 0 unspecified atom stereocenters. The fraction of sp³-hybridized carbons (Fsp3) is 0.0698. The predicted octanol–water partition coefficient (Wildman–Crippen LogP) is 11.1. The fourth-order valence-corrected chi connectivity index (χ4v) is 6.93. The van der Waals surface area contributed by atoms with Gasteiger partial charge in [0.1, 0.15) is 0 Å². The Hall–Kier alpha value is -5.60. The third kappa shape index (κ3) is 4.67. The van der Waals surface area contributed by atoms with E-state index in [2.05, 4.69) is 158 Å². The Balaban J connectivity index is 1.34. The van der Waals surface area contributed by atoms with Crippen LogP contribution in [-0.4, -0.2) is 9.97 Å². The largest absolute Gasteiger partial charge is 0.265 e. The summed E-state index contributed by atoms with van der Waals surface area (Å²) in [5.41, 5.74) is 16.5. The van der Waals surface area contributed by atoms with E-state index in [1.807, 2.05) is 18.5 Å². The molecule has 2 heteroatoms. The number of nitrogens with zero attached hydrogens (tertiary/aromatic N) is 2. The smallest absolute Gasteiger partial charge is 0.0715 e. The Morgan fingerprint density at radius 2 is 1.02 bits per heavy atom. The first-order valence-electron chi connectivity index (χ1n) is 15.5. The maximum atomic E-state index is 5.21. The van der Waals surface area contributed by atoms with Gasteiger partial charge in [-0.3, -0.25) is 4.98 Å². The topological polar surface area (TPSA) is 25.8 Å². The Bertz CT molecular complexity index is 2110. The molecule has 0 radical (unpaired) electrons. The third-order valence-corrected chi connectivity index (χ3v) is 9.19. The van der Waals surface area contributed by atoms with Crippen molar-refractivity contribution in [1.29, 1.82) is 0 Å². The molecule has 0 N–H and O–H groups in total. The summed E-state index contributed by atoms with van der Waals surface area (Å²) in [6.45, 7) is 4.67. The summed E-state index contributed by atoms with van der Waals surface area (Å²) in [5.74, 6) is 0. The zero-order chi connectivity index (χ0) is 30.4. The van der Waals surface area contributed by atoms with E-state index in [9.17, 15) is 0 Å². The molecule has 2 nitrogen and oxygen atoms in total. The van der Waals surface area contributed by atoms with Crippen molar-refractivity contribution in [3.8, 4) is 67.0 Å². The molecule has 0 saturated carbocycles. The second-order valence-electron chi connectivity index (χ2n) is 12.3. The number of hydrogen-bond acceptors (Lipinski definition) is 2. The molecule has 1 aliphatic rings. The van der Waals surface area contributed by atoms with Crippen LogP contribution >= 0.6 is 0 Å². The molecule has 0 saturated heterocycles. The summed E-state index contributed by atoms with van der Waals surface area (Å²) >= 11 is 0. The summed E-state index contributed by atoms with van der Waals surface area (Å²) in [5, 5.41) is 0. The molecule has 2 heterocycles. The van der Waals surface area contributed by atoms with Crippen LogP contribution in [-0.2, 0) is 5.41 Å². The molecule has 0 aliphatic heterocycles. The van der Waals surface area contributed by atoms with E-state index in [1.165, 1.54) is 44.5 Å². The minimum absolute atomic E-state index is 0.0796. The van der Waals surface area contributed by atoms with Crippen molar-refractivity contribution >= 4 is 0 Å². The Kier molecular flexibility index (Phi) is 6.50. The second-order valence-corrected chi connectivity index (χ2v) is 12.3. The summed E-state index contributed by atoms with van der Waals surface area (Å²) in [6, 6.07) is 52.0. The Morgan fingerprint density at radius 3 is 1.78 bits per heavy atom. The molecule has 0 fully saturated rings. The minimum Gasteiger partial charge on any atom is -0.265 e. The van der Waals surface area contributed by atoms with Gasteiger partial charge in [-0.1, -0.05) is 129 Å². The van der Waals surface area contributed by atoms with Gasteiger partial charge in [-0.2, -0.15) is 0 Å². The van der Waals surface area contributed by atoms with Crippen LogP contribution in [0.1, 0.15) is 25.0 Å². The average molecular weight is 577 g/mol. The van der Waals surface area contributed by atoms with Gasteiger partial charge >= 0.3 is 0 Å². The van der Waals surface area contributed by atoms with Crippen molar-refractivity contribution in [1.82, 2.24) is 9.97 Å². The highest BCUT2D eigenvalue weighted by Crippen LogP contribution is 2.54. The van der Waals surface area contributed by atoms with Gasteiger partial charge in [0.2, 0.25) is 0 Å². The van der Waals surface area contributed by atoms with E-state index in [-0.39, 0.29) is 5.41 Å². The van der Waals surface area contributed by atoms with Crippen LogP contribution < -0.4 is 0 Å². The third-order valence-electron chi connectivity index (χ3n) is 9.19. The lowest BCUT2D eigenvalue weighted by atomic mass is 9.80. The number of rotatable bonds is 5. The molecule has 0 bridgehead atoms. The predicted molar refractivity (Wildman–Crippen MR) is 187 cm³/mol. The van der Waals surface area contributed by atoms with E-state index in [0.717, 1.165) is 33.6 Å². The molecule has 0 spiro atoms. The van der Waals surface area contributed by atoms with Gasteiger partial charge in [0, 0.05) is 28.9 Å². The van der Waals surface area contributed by atoms with E-state index in [0.29, 0.717) is 0 Å². The van der Waals surface area contributed by atoms with Gasteiger partial charge < -0.3 is 0 Å². The molecule has 7 aromatic rings. The number of pyridine rings is 2. The van der Waals surface area contributed by atoms with Gasteiger partial charge in [-0.25, -0.2) is 4.98 Å². The lowest BCUT2D eigenvalue weighted by Crippen LogP contribution is -2.14. The van der Waals surface area contributed by atoms with Crippen LogP contribution in [0.2, 0.25) is 0 Å². The highest BCUT2D eigenvalue weighted by molar-refractivity contribution is 6.00.